The number of benzene rings is 2. The SMILES string of the molecule is C[C@H](Nc1nc(N)ncc1C(F)(F)F)c1cc2cccc(C(F)(F)F)c2c(=O)n1-c1ccccc1. The van der Waals surface area contributed by atoms with Crippen molar-refractivity contribution in [3.63, 3.8) is 0 Å². The molecule has 0 radical (unpaired) electrons. The highest BCUT2D eigenvalue weighted by molar-refractivity contribution is 5.86. The van der Waals surface area contributed by atoms with Crippen molar-refractivity contribution in [3.05, 3.63) is 88.0 Å². The Labute approximate surface area is 194 Å². The molecule has 4 aromatic rings. The van der Waals surface area contributed by atoms with E-state index in [-0.39, 0.29) is 16.8 Å². The number of para-hydroxylation sites is 1. The van der Waals surface area contributed by atoms with Crippen molar-refractivity contribution in [2.24, 2.45) is 0 Å². The van der Waals surface area contributed by atoms with Crippen LogP contribution in [0.3, 0.4) is 0 Å². The Hall–Kier alpha value is -4.09. The van der Waals surface area contributed by atoms with E-state index in [1.54, 1.807) is 18.2 Å². The number of aromatic nitrogens is 3. The van der Waals surface area contributed by atoms with Crippen molar-refractivity contribution in [2.45, 2.75) is 25.3 Å². The van der Waals surface area contributed by atoms with E-state index in [4.69, 9.17) is 5.73 Å². The third-order valence-corrected chi connectivity index (χ3v) is 5.30. The number of alkyl halides is 6. The van der Waals surface area contributed by atoms with Gasteiger partial charge in [0.2, 0.25) is 5.95 Å². The van der Waals surface area contributed by atoms with Crippen LogP contribution < -0.4 is 16.6 Å². The van der Waals surface area contributed by atoms with Crippen molar-refractivity contribution < 1.29 is 26.3 Å². The van der Waals surface area contributed by atoms with Gasteiger partial charge < -0.3 is 11.1 Å². The van der Waals surface area contributed by atoms with Gasteiger partial charge in [0.1, 0.15) is 11.4 Å². The molecule has 0 bridgehead atoms. The number of pyridine rings is 1. The first kappa shape index (κ1) is 24.0. The summed E-state index contributed by atoms with van der Waals surface area (Å²) in [5.74, 6) is -1.05. The van der Waals surface area contributed by atoms with Gasteiger partial charge in [-0.05, 0) is 36.6 Å². The normalized spacial score (nSPS) is 13.1. The minimum absolute atomic E-state index is 0.0149. The number of nitrogens with one attached hydrogen (secondary N) is 1. The van der Waals surface area contributed by atoms with Crippen LogP contribution in [0.1, 0.15) is 29.8 Å². The van der Waals surface area contributed by atoms with Gasteiger partial charge in [-0.3, -0.25) is 9.36 Å². The zero-order chi connectivity index (χ0) is 25.5. The topological polar surface area (TPSA) is 85.8 Å². The fourth-order valence-corrected chi connectivity index (χ4v) is 3.77. The molecule has 182 valence electrons. The number of nitrogens with two attached hydrogens (primary N) is 1. The quantitative estimate of drug-likeness (QED) is 0.363. The predicted octanol–water partition coefficient (Wildman–Crippen LogP) is 5.57. The molecule has 2 aromatic heterocycles. The van der Waals surface area contributed by atoms with Crippen LogP contribution in [0.25, 0.3) is 16.5 Å². The van der Waals surface area contributed by atoms with Crippen LogP contribution in [0.15, 0.2) is 65.6 Å². The lowest BCUT2D eigenvalue weighted by molar-refractivity contribution is -0.137. The molecule has 0 spiro atoms. The Morgan fingerprint density at radius 3 is 2.23 bits per heavy atom. The average molecular weight is 493 g/mol. The fraction of sp³-hybridized carbons (Fsp3) is 0.174. The number of nitrogens with zero attached hydrogens (tertiary/aromatic N) is 3. The molecule has 0 fully saturated rings. The Kier molecular flexibility index (Phi) is 5.91. The van der Waals surface area contributed by atoms with Crippen LogP contribution >= 0.6 is 0 Å². The molecule has 1 atom stereocenters. The molecule has 0 aliphatic heterocycles. The minimum Gasteiger partial charge on any atom is -0.368 e. The van der Waals surface area contributed by atoms with E-state index < -0.39 is 52.2 Å². The summed E-state index contributed by atoms with van der Waals surface area (Å²) in [6.07, 6.45) is -9.07. The maximum atomic E-state index is 13.7. The molecule has 6 nitrogen and oxygen atoms in total. The van der Waals surface area contributed by atoms with Gasteiger partial charge in [-0.25, -0.2) is 4.98 Å². The van der Waals surface area contributed by atoms with Gasteiger partial charge in [-0.15, -0.1) is 0 Å². The summed E-state index contributed by atoms with van der Waals surface area (Å²) >= 11 is 0. The summed E-state index contributed by atoms with van der Waals surface area (Å²) in [5.41, 5.74) is 2.55. The Morgan fingerprint density at radius 1 is 0.943 bits per heavy atom. The summed E-state index contributed by atoms with van der Waals surface area (Å²) in [6.45, 7) is 1.45. The van der Waals surface area contributed by atoms with Gasteiger partial charge in [0, 0.05) is 17.6 Å². The van der Waals surface area contributed by atoms with E-state index in [2.05, 4.69) is 15.3 Å². The maximum Gasteiger partial charge on any atom is 0.421 e. The number of fused-ring (bicyclic) bond motifs is 1. The molecule has 2 heterocycles. The van der Waals surface area contributed by atoms with Crippen molar-refractivity contribution >= 4 is 22.5 Å². The minimum atomic E-state index is -4.81. The van der Waals surface area contributed by atoms with Crippen molar-refractivity contribution in [1.29, 1.82) is 0 Å². The molecule has 0 amide bonds. The molecule has 4 rings (SSSR count). The fourth-order valence-electron chi connectivity index (χ4n) is 3.77. The Morgan fingerprint density at radius 2 is 1.60 bits per heavy atom. The Bertz CT molecular complexity index is 1450. The summed E-state index contributed by atoms with van der Waals surface area (Å²) in [5, 5.41) is 2.02. The number of nitrogen functional groups attached to an aromatic ring is 1. The second kappa shape index (κ2) is 8.60. The molecular weight excluding hydrogens is 476 g/mol. The second-order valence-corrected chi connectivity index (χ2v) is 7.67. The van der Waals surface area contributed by atoms with Gasteiger partial charge in [-0.1, -0.05) is 30.3 Å². The molecule has 2 aromatic carbocycles. The zero-order valence-electron chi connectivity index (χ0n) is 17.9. The first-order valence-electron chi connectivity index (χ1n) is 10.2. The van der Waals surface area contributed by atoms with E-state index >= 15 is 0 Å². The smallest absolute Gasteiger partial charge is 0.368 e. The van der Waals surface area contributed by atoms with Gasteiger partial charge >= 0.3 is 12.4 Å². The summed E-state index contributed by atoms with van der Waals surface area (Å²) < 4.78 is 82.5. The van der Waals surface area contributed by atoms with Gasteiger partial charge in [0.25, 0.3) is 5.56 Å². The third kappa shape index (κ3) is 4.63. The first-order valence-corrected chi connectivity index (χ1v) is 10.2. The number of halogens is 6. The van der Waals surface area contributed by atoms with Crippen molar-refractivity contribution in [2.75, 3.05) is 11.1 Å². The van der Waals surface area contributed by atoms with Crippen LogP contribution in [-0.4, -0.2) is 14.5 Å². The molecule has 35 heavy (non-hydrogen) atoms. The molecule has 0 saturated heterocycles. The highest BCUT2D eigenvalue weighted by Crippen LogP contribution is 2.37. The molecule has 0 saturated carbocycles. The van der Waals surface area contributed by atoms with Crippen molar-refractivity contribution in [1.82, 2.24) is 14.5 Å². The Balaban J connectivity index is 1.96. The van der Waals surface area contributed by atoms with E-state index in [9.17, 15) is 31.1 Å². The van der Waals surface area contributed by atoms with E-state index in [1.807, 2.05) is 0 Å². The van der Waals surface area contributed by atoms with Crippen LogP contribution in [0.2, 0.25) is 0 Å². The lowest BCUT2D eigenvalue weighted by atomic mass is 10.0. The largest absolute Gasteiger partial charge is 0.421 e. The summed E-state index contributed by atoms with van der Waals surface area (Å²) in [7, 11) is 0. The van der Waals surface area contributed by atoms with Gasteiger partial charge in [0.05, 0.1) is 17.0 Å². The first-order chi connectivity index (χ1) is 16.4. The zero-order valence-corrected chi connectivity index (χ0v) is 17.9. The van der Waals surface area contributed by atoms with Crippen LogP contribution in [0.5, 0.6) is 0 Å². The molecule has 3 N–H and O–H groups in total. The average Bonchev–Trinajstić information content (AvgIpc) is 2.77. The second-order valence-electron chi connectivity index (χ2n) is 7.67. The van der Waals surface area contributed by atoms with E-state index in [1.165, 1.54) is 31.2 Å². The molecular formula is C23H17F6N5O. The number of hydrogen-bond acceptors (Lipinski definition) is 5. The van der Waals surface area contributed by atoms with Gasteiger partial charge in [0.15, 0.2) is 0 Å². The van der Waals surface area contributed by atoms with Crippen molar-refractivity contribution in [3.8, 4) is 5.69 Å². The molecule has 0 aliphatic carbocycles. The summed E-state index contributed by atoms with van der Waals surface area (Å²) in [4.78, 5) is 20.5. The van der Waals surface area contributed by atoms with Crippen LogP contribution in [-0.2, 0) is 12.4 Å². The predicted molar refractivity (Wildman–Crippen MR) is 118 cm³/mol. The highest BCUT2D eigenvalue weighted by Gasteiger charge is 2.36. The van der Waals surface area contributed by atoms with Crippen LogP contribution in [0.4, 0.5) is 38.1 Å². The number of rotatable bonds is 4. The van der Waals surface area contributed by atoms with E-state index in [0.717, 1.165) is 16.7 Å². The molecule has 0 unspecified atom stereocenters. The lowest BCUT2D eigenvalue weighted by Gasteiger charge is -2.23. The third-order valence-electron chi connectivity index (χ3n) is 5.30. The number of hydrogen-bond donors (Lipinski definition) is 2. The standard InChI is InChI=1S/C23H17F6N5O/c1-12(32-19-16(23(27,28)29)11-31-21(30)33-19)17-10-13-6-5-9-15(22(24,25)26)18(13)20(35)34(17)14-7-3-2-4-8-14/h2-12H,1H3,(H3,30,31,32,33)/t12-/m0/s1. The maximum absolute atomic E-state index is 13.7. The monoisotopic (exact) mass is 493 g/mol. The van der Waals surface area contributed by atoms with Gasteiger partial charge in [-0.2, -0.15) is 31.3 Å². The molecule has 12 heteroatoms. The number of anilines is 2. The van der Waals surface area contributed by atoms with Crippen LogP contribution in [0, 0.1) is 0 Å². The highest BCUT2D eigenvalue weighted by atomic mass is 19.4. The molecule has 0 aliphatic rings. The lowest BCUT2D eigenvalue weighted by Crippen LogP contribution is -2.27. The summed E-state index contributed by atoms with van der Waals surface area (Å²) in [6, 6.07) is 11.4. The van der Waals surface area contributed by atoms with E-state index in [0.29, 0.717) is 6.20 Å².